The van der Waals surface area contributed by atoms with E-state index in [1.54, 1.807) is 0 Å². The van der Waals surface area contributed by atoms with Crippen molar-refractivity contribution in [3.63, 3.8) is 0 Å². The molecular weight excluding hydrogens is 359 g/mol. The molecule has 2 aromatic carbocycles. The molecule has 0 saturated heterocycles. The summed E-state index contributed by atoms with van der Waals surface area (Å²) in [6, 6.07) is 8.14. The zero-order valence-electron chi connectivity index (χ0n) is 12.5. The second kappa shape index (κ2) is 7.40. The molecule has 8 heteroatoms. The summed E-state index contributed by atoms with van der Waals surface area (Å²) in [5, 5.41) is 11.7. The van der Waals surface area contributed by atoms with E-state index in [-0.39, 0.29) is 16.3 Å². The van der Waals surface area contributed by atoms with Gasteiger partial charge in [-0.2, -0.15) is 13.2 Å². The van der Waals surface area contributed by atoms with Crippen molar-refractivity contribution >= 4 is 35.2 Å². The number of hydrogen-bond acceptors (Lipinski definition) is 2. The van der Waals surface area contributed by atoms with Crippen molar-refractivity contribution in [2.45, 2.75) is 6.18 Å². The molecule has 0 atom stereocenters. The molecule has 0 fully saturated rings. The Kier molecular flexibility index (Phi) is 5.48. The number of rotatable bonds is 4. The largest absolute Gasteiger partial charge is 0.478 e. The van der Waals surface area contributed by atoms with Crippen molar-refractivity contribution in [3.05, 3.63) is 70.3 Å². The molecule has 130 valence electrons. The van der Waals surface area contributed by atoms with Crippen LogP contribution in [0.1, 0.15) is 21.5 Å². The SMILES string of the molecule is O=C(C=Cc1ccc(C(F)(F)F)cc1)Nc1cc(Cl)ccc1C(=O)O. The molecule has 0 aromatic heterocycles. The van der Waals surface area contributed by atoms with Crippen molar-refractivity contribution in [1.29, 1.82) is 0 Å². The number of carbonyl (C=O) groups excluding carboxylic acids is 1. The zero-order chi connectivity index (χ0) is 18.6. The van der Waals surface area contributed by atoms with Gasteiger partial charge in [-0.25, -0.2) is 4.79 Å². The highest BCUT2D eigenvalue weighted by molar-refractivity contribution is 6.31. The number of benzene rings is 2. The number of halogens is 4. The lowest BCUT2D eigenvalue weighted by Gasteiger charge is -2.07. The minimum absolute atomic E-state index is 0.0158. The van der Waals surface area contributed by atoms with Gasteiger partial charge in [0.2, 0.25) is 5.91 Å². The zero-order valence-corrected chi connectivity index (χ0v) is 13.2. The van der Waals surface area contributed by atoms with E-state index in [2.05, 4.69) is 5.32 Å². The summed E-state index contributed by atoms with van der Waals surface area (Å²) < 4.78 is 37.4. The lowest BCUT2D eigenvalue weighted by molar-refractivity contribution is -0.137. The third-order valence-electron chi connectivity index (χ3n) is 3.14. The second-order valence-corrected chi connectivity index (χ2v) is 5.37. The molecular formula is C17H11ClF3NO3. The van der Waals surface area contributed by atoms with Crippen LogP contribution in [0.2, 0.25) is 5.02 Å². The van der Waals surface area contributed by atoms with Crippen LogP contribution in [0.15, 0.2) is 48.5 Å². The number of amides is 1. The molecule has 0 bridgehead atoms. The van der Waals surface area contributed by atoms with Gasteiger partial charge in [0.25, 0.3) is 0 Å². The minimum Gasteiger partial charge on any atom is -0.478 e. The van der Waals surface area contributed by atoms with Gasteiger partial charge in [-0.05, 0) is 42.0 Å². The third kappa shape index (κ3) is 5.09. The van der Waals surface area contributed by atoms with Crippen LogP contribution in [-0.2, 0) is 11.0 Å². The molecule has 0 saturated carbocycles. The smallest absolute Gasteiger partial charge is 0.416 e. The molecule has 2 rings (SSSR count). The molecule has 4 nitrogen and oxygen atoms in total. The van der Waals surface area contributed by atoms with Crippen molar-refractivity contribution < 1.29 is 27.9 Å². The molecule has 0 aliphatic heterocycles. The van der Waals surface area contributed by atoms with Gasteiger partial charge < -0.3 is 10.4 Å². The van der Waals surface area contributed by atoms with Crippen molar-refractivity contribution in [2.75, 3.05) is 5.32 Å². The van der Waals surface area contributed by atoms with Crippen LogP contribution in [0.5, 0.6) is 0 Å². The number of alkyl halides is 3. The molecule has 0 unspecified atom stereocenters. The van der Waals surface area contributed by atoms with Crippen molar-refractivity contribution in [2.24, 2.45) is 0 Å². The fourth-order valence-corrected chi connectivity index (χ4v) is 2.11. The highest BCUT2D eigenvalue weighted by Crippen LogP contribution is 2.29. The van der Waals surface area contributed by atoms with Crippen molar-refractivity contribution in [3.8, 4) is 0 Å². The molecule has 0 radical (unpaired) electrons. The number of carbonyl (C=O) groups is 2. The van der Waals surface area contributed by atoms with Gasteiger partial charge in [-0.1, -0.05) is 23.7 Å². The number of hydrogen-bond donors (Lipinski definition) is 2. The molecule has 0 aliphatic rings. The maximum Gasteiger partial charge on any atom is 0.416 e. The average Bonchev–Trinajstić information content (AvgIpc) is 2.52. The van der Waals surface area contributed by atoms with Gasteiger partial charge >= 0.3 is 12.1 Å². The summed E-state index contributed by atoms with van der Waals surface area (Å²) in [4.78, 5) is 23.0. The first-order valence-corrected chi connectivity index (χ1v) is 7.24. The Morgan fingerprint density at radius 1 is 1.08 bits per heavy atom. The molecule has 2 N–H and O–H groups in total. The van der Waals surface area contributed by atoms with Gasteiger partial charge in [-0.3, -0.25) is 4.79 Å². The number of aromatic carboxylic acids is 1. The Bertz CT molecular complexity index is 830. The van der Waals surface area contributed by atoms with Crippen LogP contribution in [0.3, 0.4) is 0 Å². The maximum absolute atomic E-state index is 12.5. The molecule has 1 amide bonds. The van der Waals surface area contributed by atoms with E-state index in [0.717, 1.165) is 18.2 Å². The van der Waals surface area contributed by atoms with Gasteiger partial charge in [0.15, 0.2) is 0 Å². The normalized spacial score (nSPS) is 11.5. The minimum atomic E-state index is -4.43. The van der Waals surface area contributed by atoms with Crippen LogP contribution in [0, 0.1) is 0 Å². The van der Waals surface area contributed by atoms with E-state index in [1.165, 1.54) is 36.4 Å². The van der Waals surface area contributed by atoms with Gasteiger partial charge in [0, 0.05) is 11.1 Å². The fraction of sp³-hybridized carbons (Fsp3) is 0.0588. The van der Waals surface area contributed by atoms with Gasteiger partial charge in [-0.15, -0.1) is 0 Å². The summed E-state index contributed by atoms with van der Waals surface area (Å²) in [5.41, 5.74) is -0.533. The van der Waals surface area contributed by atoms with Gasteiger partial charge in [0.1, 0.15) is 0 Å². The Morgan fingerprint density at radius 3 is 2.28 bits per heavy atom. The predicted molar refractivity (Wildman–Crippen MR) is 87.5 cm³/mol. The monoisotopic (exact) mass is 369 g/mol. The highest BCUT2D eigenvalue weighted by Gasteiger charge is 2.29. The van der Waals surface area contributed by atoms with Crippen LogP contribution in [0.25, 0.3) is 6.08 Å². The summed E-state index contributed by atoms with van der Waals surface area (Å²) in [6.07, 6.45) is -2.05. The van der Waals surface area contributed by atoms with Gasteiger partial charge in [0.05, 0.1) is 16.8 Å². The first kappa shape index (κ1) is 18.5. The lowest BCUT2D eigenvalue weighted by Crippen LogP contribution is -2.12. The van der Waals surface area contributed by atoms with E-state index >= 15 is 0 Å². The Hall–Kier alpha value is -2.80. The Balaban J connectivity index is 2.11. The quantitative estimate of drug-likeness (QED) is 0.767. The van der Waals surface area contributed by atoms with E-state index in [0.29, 0.717) is 5.56 Å². The van der Waals surface area contributed by atoms with E-state index in [9.17, 15) is 22.8 Å². The summed E-state index contributed by atoms with van der Waals surface area (Å²) in [5.74, 6) is -1.89. The van der Waals surface area contributed by atoms with Crippen LogP contribution >= 0.6 is 11.6 Å². The van der Waals surface area contributed by atoms with Crippen LogP contribution in [0.4, 0.5) is 18.9 Å². The number of nitrogens with one attached hydrogen (secondary N) is 1. The summed E-state index contributed by atoms with van der Waals surface area (Å²) in [6.45, 7) is 0. The van der Waals surface area contributed by atoms with E-state index in [1.807, 2.05) is 0 Å². The average molecular weight is 370 g/mol. The Morgan fingerprint density at radius 2 is 1.72 bits per heavy atom. The molecule has 0 aliphatic carbocycles. The van der Waals surface area contributed by atoms with Crippen molar-refractivity contribution in [1.82, 2.24) is 0 Å². The standard InChI is InChI=1S/C17H11ClF3NO3/c18-12-6-7-13(16(24)25)14(9-12)22-15(23)8-3-10-1-4-11(5-2-10)17(19,20)21/h1-9H,(H,22,23)(H,24,25). The topological polar surface area (TPSA) is 66.4 Å². The molecule has 2 aromatic rings. The number of anilines is 1. The fourth-order valence-electron chi connectivity index (χ4n) is 1.94. The van der Waals surface area contributed by atoms with E-state index in [4.69, 9.17) is 16.7 Å². The second-order valence-electron chi connectivity index (χ2n) is 4.94. The number of carboxylic acids is 1. The lowest BCUT2D eigenvalue weighted by atomic mass is 10.1. The van der Waals surface area contributed by atoms with Crippen LogP contribution in [-0.4, -0.2) is 17.0 Å². The number of carboxylic acid groups (broad SMARTS) is 1. The molecule has 0 heterocycles. The summed E-state index contributed by atoms with van der Waals surface area (Å²) in [7, 11) is 0. The molecule has 25 heavy (non-hydrogen) atoms. The van der Waals surface area contributed by atoms with Crippen LogP contribution < -0.4 is 5.32 Å². The predicted octanol–water partition coefficient (Wildman–Crippen LogP) is 4.71. The first-order chi connectivity index (χ1) is 11.7. The summed E-state index contributed by atoms with van der Waals surface area (Å²) >= 11 is 5.78. The highest BCUT2D eigenvalue weighted by atomic mass is 35.5. The van der Waals surface area contributed by atoms with E-state index < -0.39 is 23.6 Å². The third-order valence-corrected chi connectivity index (χ3v) is 3.37. The first-order valence-electron chi connectivity index (χ1n) is 6.86. The molecule has 0 spiro atoms. The Labute approximate surface area is 145 Å². The maximum atomic E-state index is 12.5.